The van der Waals surface area contributed by atoms with Gasteiger partial charge in [-0.3, -0.25) is 4.79 Å². The lowest BCUT2D eigenvalue weighted by atomic mass is 10.1. The molecule has 0 saturated heterocycles. The van der Waals surface area contributed by atoms with E-state index < -0.39 is 0 Å². The Hall–Kier alpha value is -1.81. The highest BCUT2D eigenvalue weighted by atomic mass is 32.1. The van der Waals surface area contributed by atoms with Crippen LogP contribution in [0.2, 0.25) is 0 Å². The van der Waals surface area contributed by atoms with Crippen molar-refractivity contribution in [2.75, 3.05) is 12.8 Å². The van der Waals surface area contributed by atoms with Crippen LogP contribution in [0.4, 0.5) is 5.00 Å². The van der Waals surface area contributed by atoms with Crippen molar-refractivity contribution in [3.63, 3.8) is 0 Å². The Morgan fingerprint density at radius 1 is 1.35 bits per heavy atom. The van der Waals surface area contributed by atoms with Gasteiger partial charge in [-0.1, -0.05) is 30.3 Å². The van der Waals surface area contributed by atoms with Crippen LogP contribution in [0.15, 0.2) is 36.4 Å². The van der Waals surface area contributed by atoms with E-state index in [2.05, 4.69) is 17.4 Å². The molecule has 0 saturated carbocycles. The highest BCUT2D eigenvalue weighted by Crippen LogP contribution is 2.26. The molecule has 0 atom stereocenters. The predicted octanol–water partition coefficient (Wildman–Crippen LogP) is 2.28. The highest BCUT2D eigenvalue weighted by molar-refractivity contribution is 7.16. The lowest BCUT2D eigenvalue weighted by Crippen LogP contribution is -2.18. The standard InChI is InChI=1S/C13H14N2OS/c1-15-13(16)11-8-10(17-12(11)14)7-9-5-3-2-4-6-9/h2-6,8H,7,14H2,1H3,(H,15,16). The summed E-state index contributed by atoms with van der Waals surface area (Å²) in [5, 5.41) is 3.17. The third-order valence-corrected chi connectivity index (χ3v) is 3.47. The summed E-state index contributed by atoms with van der Waals surface area (Å²) < 4.78 is 0. The SMILES string of the molecule is CNC(=O)c1cc(Cc2ccccc2)sc1N. The molecule has 1 heterocycles. The molecule has 1 amide bonds. The average Bonchev–Trinajstić information content (AvgIpc) is 2.70. The lowest BCUT2D eigenvalue weighted by molar-refractivity contribution is 0.0964. The number of amides is 1. The fourth-order valence-electron chi connectivity index (χ4n) is 1.65. The summed E-state index contributed by atoms with van der Waals surface area (Å²) in [5.41, 5.74) is 7.62. The van der Waals surface area contributed by atoms with Crippen LogP contribution in [-0.2, 0) is 6.42 Å². The van der Waals surface area contributed by atoms with E-state index in [4.69, 9.17) is 5.73 Å². The summed E-state index contributed by atoms with van der Waals surface area (Å²) in [6, 6.07) is 12.0. The van der Waals surface area contributed by atoms with Crippen molar-refractivity contribution in [3.8, 4) is 0 Å². The van der Waals surface area contributed by atoms with Gasteiger partial charge in [0.15, 0.2) is 0 Å². The van der Waals surface area contributed by atoms with Crippen LogP contribution in [0.25, 0.3) is 0 Å². The first-order valence-electron chi connectivity index (χ1n) is 5.35. The molecule has 0 aliphatic carbocycles. The van der Waals surface area contributed by atoms with Gasteiger partial charge in [-0.2, -0.15) is 0 Å². The number of carbonyl (C=O) groups is 1. The number of hydrogen-bond acceptors (Lipinski definition) is 3. The second kappa shape index (κ2) is 5.01. The van der Waals surface area contributed by atoms with Crippen LogP contribution in [-0.4, -0.2) is 13.0 Å². The Bertz CT molecular complexity index is 519. The number of carbonyl (C=O) groups excluding carboxylic acids is 1. The second-order valence-corrected chi connectivity index (χ2v) is 4.90. The fraction of sp³-hybridized carbons (Fsp3) is 0.154. The first-order chi connectivity index (χ1) is 8.20. The zero-order valence-electron chi connectivity index (χ0n) is 9.57. The summed E-state index contributed by atoms with van der Waals surface area (Å²) in [6.45, 7) is 0. The summed E-state index contributed by atoms with van der Waals surface area (Å²) >= 11 is 1.47. The molecule has 0 spiro atoms. The van der Waals surface area contributed by atoms with Crippen LogP contribution >= 0.6 is 11.3 Å². The minimum Gasteiger partial charge on any atom is -0.390 e. The Labute approximate surface area is 104 Å². The van der Waals surface area contributed by atoms with Gasteiger partial charge in [0.05, 0.1) is 10.6 Å². The third kappa shape index (κ3) is 2.65. The van der Waals surface area contributed by atoms with Gasteiger partial charge in [-0.15, -0.1) is 11.3 Å². The van der Waals surface area contributed by atoms with Crippen molar-refractivity contribution in [3.05, 3.63) is 52.4 Å². The van der Waals surface area contributed by atoms with Crippen LogP contribution in [0.5, 0.6) is 0 Å². The predicted molar refractivity (Wildman–Crippen MR) is 71.4 cm³/mol. The number of hydrogen-bond donors (Lipinski definition) is 2. The van der Waals surface area contributed by atoms with E-state index in [1.165, 1.54) is 16.9 Å². The first-order valence-corrected chi connectivity index (χ1v) is 6.16. The highest BCUT2D eigenvalue weighted by Gasteiger charge is 2.12. The van der Waals surface area contributed by atoms with Crippen LogP contribution in [0, 0.1) is 0 Å². The maximum Gasteiger partial charge on any atom is 0.254 e. The molecule has 4 heteroatoms. The van der Waals surface area contributed by atoms with Gasteiger partial charge in [-0.25, -0.2) is 0 Å². The number of nitrogens with two attached hydrogens (primary N) is 1. The second-order valence-electron chi connectivity index (χ2n) is 3.73. The molecular weight excluding hydrogens is 232 g/mol. The molecule has 0 fully saturated rings. The molecule has 0 aliphatic rings. The van der Waals surface area contributed by atoms with Gasteiger partial charge < -0.3 is 11.1 Å². The average molecular weight is 246 g/mol. The Morgan fingerprint density at radius 2 is 2.06 bits per heavy atom. The summed E-state index contributed by atoms with van der Waals surface area (Å²) in [4.78, 5) is 12.6. The maximum atomic E-state index is 11.5. The molecule has 17 heavy (non-hydrogen) atoms. The molecule has 0 bridgehead atoms. The molecule has 88 valence electrons. The summed E-state index contributed by atoms with van der Waals surface area (Å²) in [5.74, 6) is -0.127. The quantitative estimate of drug-likeness (QED) is 0.873. The number of benzene rings is 1. The van der Waals surface area contributed by atoms with E-state index in [0.29, 0.717) is 10.6 Å². The third-order valence-electron chi connectivity index (χ3n) is 2.50. The van der Waals surface area contributed by atoms with Gasteiger partial charge in [-0.05, 0) is 11.6 Å². The number of anilines is 1. The molecule has 2 aromatic rings. The zero-order chi connectivity index (χ0) is 12.3. The van der Waals surface area contributed by atoms with Crippen molar-refractivity contribution < 1.29 is 4.79 Å². The summed E-state index contributed by atoms with van der Waals surface area (Å²) in [6.07, 6.45) is 0.812. The van der Waals surface area contributed by atoms with Crippen molar-refractivity contribution in [1.29, 1.82) is 0 Å². The molecule has 1 aromatic carbocycles. The minimum atomic E-state index is -0.127. The van der Waals surface area contributed by atoms with E-state index in [9.17, 15) is 4.79 Å². The van der Waals surface area contributed by atoms with Crippen LogP contribution < -0.4 is 11.1 Å². The van der Waals surface area contributed by atoms with E-state index in [0.717, 1.165) is 11.3 Å². The first kappa shape index (κ1) is 11.7. The zero-order valence-corrected chi connectivity index (χ0v) is 10.4. The minimum absolute atomic E-state index is 0.127. The normalized spacial score (nSPS) is 10.2. The molecular formula is C13H14N2OS. The maximum absolute atomic E-state index is 11.5. The molecule has 0 radical (unpaired) electrons. The fourth-order valence-corrected chi connectivity index (χ4v) is 2.61. The molecule has 0 aliphatic heterocycles. The molecule has 3 N–H and O–H groups in total. The Kier molecular flexibility index (Phi) is 3.44. The van der Waals surface area contributed by atoms with E-state index in [1.807, 2.05) is 24.3 Å². The van der Waals surface area contributed by atoms with Crippen LogP contribution in [0.1, 0.15) is 20.8 Å². The Balaban J connectivity index is 2.21. The molecule has 2 rings (SSSR count). The topological polar surface area (TPSA) is 55.1 Å². The Morgan fingerprint density at radius 3 is 2.71 bits per heavy atom. The van der Waals surface area contributed by atoms with Crippen molar-refractivity contribution >= 4 is 22.2 Å². The number of rotatable bonds is 3. The van der Waals surface area contributed by atoms with Gasteiger partial charge in [0.1, 0.15) is 0 Å². The van der Waals surface area contributed by atoms with E-state index >= 15 is 0 Å². The number of thiophene rings is 1. The monoisotopic (exact) mass is 246 g/mol. The van der Waals surface area contributed by atoms with Crippen molar-refractivity contribution in [1.82, 2.24) is 5.32 Å². The smallest absolute Gasteiger partial charge is 0.254 e. The van der Waals surface area contributed by atoms with Crippen molar-refractivity contribution in [2.24, 2.45) is 0 Å². The lowest BCUT2D eigenvalue weighted by Gasteiger charge is -1.97. The van der Waals surface area contributed by atoms with Gasteiger partial charge in [0.2, 0.25) is 0 Å². The van der Waals surface area contributed by atoms with Gasteiger partial charge in [0.25, 0.3) is 5.91 Å². The van der Waals surface area contributed by atoms with Crippen LogP contribution in [0.3, 0.4) is 0 Å². The van der Waals surface area contributed by atoms with E-state index in [-0.39, 0.29) is 5.91 Å². The molecule has 0 unspecified atom stereocenters. The van der Waals surface area contributed by atoms with E-state index in [1.54, 1.807) is 7.05 Å². The van der Waals surface area contributed by atoms with Gasteiger partial charge in [0, 0.05) is 18.3 Å². The number of nitrogen functional groups attached to an aromatic ring is 1. The molecule has 3 nitrogen and oxygen atoms in total. The largest absolute Gasteiger partial charge is 0.390 e. The van der Waals surface area contributed by atoms with Crippen molar-refractivity contribution in [2.45, 2.75) is 6.42 Å². The molecule has 1 aromatic heterocycles. The van der Waals surface area contributed by atoms with Gasteiger partial charge >= 0.3 is 0 Å². The summed E-state index contributed by atoms with van der Waals surface area (Å²) in [7, 11) is 1.61. The number of nitrogens with one attached hydrogen (secondary N) is 1.